The van der Waals surface area contributed by atoms with E-state index in [9.17, 15) is 9.90 Å². The number of carbonyl (C=O) groups is 1. The number of aliphatic carboxylic acids is 1. The summed E-state index contributed by atoms with van der Waals surface area (Å²) in [5.41, 5.74) is 0. The Morgan fingerprint density at radius 1 is 1.00 bits per heavy atom. The maximum absolute atomic E-state index is 11.1. The summed E-state index contributed by atoms with van der Waals surface area (Å²) in [5.74, 6) is -1.12. The molecule has 3 nitrogen and oxygen atoms in total. The molecular weight excluding hydrogens is 216 g/mol. The highest BCUT2D eigenvalue weighted by molar-refractivity contribution is 5.69. The summed E-state index contributed by atoms with van der Waals surface area (Å²) in [5, 5.41) is 18.8. The molecule has 0 heterocycles. The van der Waals surface area contributed by atoms with Crippen molar-refractivity contribution >= 4 is 5.97 Å². The molecule has 3 heteroatoms. The van der Waals surface area contributed by atoms with Gasteiger partial charge in [0.05, 0.1) is 12.0 Å². The SMILES string of the molecule is CCCCCCC(CC(O)CCCC)C(=O)O. The van der Waals surface area contributed by atoms with Crippen molar-refractivity contribution in [3.8, 4) is 0 Å². The van der Waals surface area contributed by atoms with E-state index in [1.54, 1.807) is 0 Å². The van der Waals surface area contributed by atoms with Gasteiger partial charge < -0.3 is 10.2 Å². The van der Waals surface area contributed by atoms with Crippen LogP contribution in [0.2, 0.25) is 0 Å². The highest BCUT2D eigenvalue weighted by Gasteiger charge is 2.20. The van der Waals surface area contributed by atoms with Crippen LogP contribution in [0, 0.1) is 5.92 Å². The monoisotopic (exact) mass is 244 g/mol. The van der Waals surface area contributed by atoms with E-state index in [2.05, 4.69) is 13.8 Å². The van der Waals surface area contributed by atoms with Crippen LogP contribution in [0.3, 0.4) is 0 Å². The van der Waals surface area contributed by atoms with Crippen LogP contribution in [-0.4, -0.2) is 22.3 Å². The quantitative estimate of drug-likeness (QED) is 0.546. The summed E-state index contributed by atoms with van der Waals surface area (Å²) >= 11 is 0. The second-order valence-corrected chi connectivity index (χ2v) is 4.92. The van der Waals surface area contributed by atoms with E-state index in [-0.39, 0.29) is 5.92 Å². The topological polar surface area (TPSA) is 57.5 Å². The van der Waals surface area contributed by atoms with Crippen molar-refractivity contribution in [1.82, 2.24) is 0 Å². The minimum absolute atomic E-state index is 0.362. The Bertz CT molecular complexity index is 192. The molecule has 0 aromatic heterocycles. The molecule has 0 amide bonds. The maximum Gasteiger partial charge on any atom is 0.306 e. The summed E-state index contributed by atoms with van der Waals surface area (Å²) in [6, 6.07) is 0. The molecule has 0 spiro atoms. The number of hydrogen-bond acceptors (Lipinski definition) is 2. The molecule has 0 saturated heterocycles. The Morgan fingerprint density at radius 3 is 2.18 bits per heavy atom. The Morgan fingerprint density at radius 2 is 1.65 bits per heavy atom. The minimum Gasteiger partial charge on any atom is -0.481 e. The van der Waals surface area contributed by atoms with E-state index < -0.39 is 12.1 Å². The highest BCUT2D eigenvalue weighted by Crippen LogP contribution is 2.19. The van der Waals surface area contributed by atoms with E-state index in [4.69, 9.17) is 5.11 Å². The summed E-state index contributed by atoms with van der Waals surface area (Å²) in [6.07, 6.45) is 7.84. The van der Waals surface area contributed by atoms with Crippen LogP contribution in [0.15, 0.2) is 0 Å². The fraction of sp³-hybridized carbons (Fsp3) is 0.929. The van der Waals surface area contributed by atoms with Gasteiger partial charge in [-0.15, -0.1) is 0 Å². The van der Waals surface area contributed by atoms with Gasteiger partial charge in [0.2, 0.25) is 0 Å². The van der Waals surface area contributed by atoms with Crippen molar-refractivity contribution in [2.24, 2.45) is 5.92 Å². The average Bonchev–Trinajstić information content (AvgIpc) is 2.30. The van der Waals surface area contributed by atoms with Crippen molar-refractivity contribution in [3.05, 3.63) is 0 Å². The summed E-state index contributed by atoms with van der Waals surface area (Å²) in [7, 11) is 0. The normalized spacial score (nSPS) is 14.5. The Kier molecular flexibility index (Phi) is 10.2. The van der Waals surface area contributed by atoms with E-state index >= 15 is 0 Å². The zero-order valence-corrected chi connectivity index (χ0v) is 11.3. The molecule has 2 N–H and O–H groups in total. The summed E-state index contributed by atoms with van der Waals surface area (Å²) in [4.78, 5) is 11.1. The summed E-state index contributed by atoms with van der Waals surface area (Å²) < 4.78 is 0. The Hall–Kier alpha value is -0.570. The van der Waals surface area contributed by atoms with Gasteiger partial charge in [0.15, 0.2) is 0 Å². The third-order valence-electron chi connectivity index (χ3n) is 3.20. The molecule has 0 aromatic rings. The molecule has 0 aliphatic rings. The smallest absolute Gasteiger partial charge is 0.306 e. The molecule has 0 saturated carbocycles. The van der Waals surface area contributed by atoms with Crippen LogP contribution >= 0.6 is 0 Å². The zero-order chi connectivity index (χ0) is 13.1. The molecule has 0 radical (unpaired) electrons. The lowest BCUT2D eigenvalue weighted by Gasteiger charge is -2.16. The van der Waals surface area contributed by atoms with E-state index in [1.165, 1.54) is 6.42 Å². The molecular formula is C14H28O3. The lowest BCUT2D eigenvalue weighted by atomic mass is 9.93. The molecule has 0 aliphatic carbocycles. The maximum atomic E-state index is 11.1. The number of carboxylic acid groups (broad SMARTS) is 1. The second kappa shape index (κ2) is 10.6. The minimum atomic E-state index is -0.753. The fourth-order valence-corrected chi connectivity index (χ4v) is 2.05. The van der Waals surface area contributed by atoms with Gasteiger partial charge in [-0.25, -0.2) is 0 Å². The Balaban J connectivity index is 3.85. The lowest BCUT2D eigenvalue weighted by molar-refractivity contribution is -0.143. The molecule has 0 rings (SSSR count). The van der Waals surface area contributed by atoms with Gasteiger partial charge in [-0.2, -0.15) is 0 Å². The van der Waals surface area contributed by atoms with Crippen LogP contribution in [0.1, 0.15) is 71.6 Å². The predicted octanol–water partition coefficient (Wildman–Crippen LogP) is 3.60. The van der Waals surface area contributed by atoms with Crippen molar-refractivity contribution in [1.29, 1.82) is 0 Å². The molecule has 2 atom stereocenters. The number of aliphatic hydroxyl groups excluding tert-OH is 1. The fourth-order valence-electron chi connectivity index (χ4n) is 2.05. The third kappa shape index (κ3) is 9.16. The van der Waals surface area contributed by atoms with Crippen LogP contribution in [-0.2, 0) is 4.79 Å². The van der Waals surface area contributed by atoms with Gasteiger partial charge >= 0.3 is 5.97 Å². The first kappa shape index (κ1) is 16.4. The Labute approximate surface area is 105 Å². The van der Waals surface area contributed by atoms with Crippen LogP contribution in [0.5, 0.6) is 0 Å². The first-order valence-corrected chi connectivity index (χ1v) is 7.02. The van der Waals surface area contributed by atoms with Crippen LogP contribution in [0.4, 0.5) is 0 Å². The highest BCUT2D eigenvalue weighted by atomic mass is 16.4. The van der Waals surface area contributed by atoms with Gasteiger partial charge in [0.25, 0.3) is 0 Å². The van der Waals surface area contributed by atoms with E-state index in [1.807, 2.05) is 0 Å². The standard InChI is InChI=1S/C14H28O3/c1-3-5-7-8-9-12(14(16)17)11-13(15)10-6-4-2/h12-13,15H,3-11H2,1-2H3,(H,16,17). The molecule has 0 fully saturated rings. The molecule has 0 aromatic carbocycles. The largest absolute Gasteiger partial charge is 0.481 e. The van der Waals surface area contributed by atoms with Gasteiger partial charge in [-0.3, -0.25) is 4.79 Å². The molecule has 102 valence electrons. The number of unbranched alkanes of at least 4 members (excludes halogenated alkanes) is 4. The number of rotatable bonds is 11. The van der Waals surface area contributed by atoms with Gasteiger partial charge in [-0.05, 0) is 19.3 Å². The average molecular weight is 244 g/mol. The molecule has 0 bridgehead atoms. The lowest BCUT2D eigenvalue weighted by Crippen LogP contribution is -2.20. The summed E-state index contributed by atoms with van der Waals surface area (Å²) in [6.45, 7) is 4.22. The third-order valence-corrected chi connectivity index (χ3v) is 3.20. The van der Waals surface area contributed by atoms with Gasteiger partial charge in [-0.1, -0.05) is 52.4 Å². The zero-order valence-electron chi connectivity index (χ0n) is 11.3. The van der Waals surface area contributed by atoms with Gasteiger partial charge in [0, 0.05) is 0 Å². The van der Waals surface area contributed by atoms with Crippen molar-refractivity contribution in [3.63, 3.8) is 0 Å². The molecule has 0 aliphatic heterocycles. The van der Waals surface area contributed by atoms with Crippen LogP contribution < -0.4 is 0 Å². The van der Waals surface area contributed by atoms with Crippen molar-refractivity contribution in [2.45, 2.75) is 77.7 Å². The van der Waals surface area contributed by atoms with Gasteiger partial charge in [0.1, 0.15) is 0 Å². The number of hydrogen-bond donors (Lipinski definition) is 2. The van der Waals surface area contributed by atoms with Crippen molar-refractivity contribution < 1.29 is 15.0 Å². The first-order valence-electron chi connectivity index (χ1n) is 7.02. The van der Waals surface area contributed by atoms with Crippen LogP contribution in [0.25, 0.3) is 0 Å². The number of carboxylic acids is 1. The second-order valence-electron chi connectivity index (χ2n) is 4.92. The number of aliphatic hydroxyl groups is 1. The van der Waals surface area contributed by atoms with E-state index in [0.717, 1.165) is 38.5 Å². The predicted molar refractivity (Wildman–Crippen MR) is 70.0 cm³/mol. The van der Waals surface area contributed by atoms with E-state index in [0.29, 0.717) is 12.8 Å². The molecule has 2 unspecified atom stereocenters. The first-order chi connectivity index (χ1) is 8.11. The van der Waals surface area contributed by atoms with Crippen molar-refractivity contribution in [2.75, 3.05) is 0 Å². The molecule has 17 heavy (non-hydrogen) atoms.